The first kappa shape index (κ1) is 16.0. The summed E-state index contributed by atoms with van der Waals surface area (Å²) in [5.74, 6) is -0.822. The lowest BCUT2D eigenvalue weighted by Crippen LogP contribution is -2.34. The normalized spacial score (nSPS) is 10.4. The molecule has 0 spiro atoms. The monoisotopic (exact) mass is 281 g/mol. The van der Waals surface area contributed by atoms with Gasteiger partial charge in [0, 0.05) is 5.69 Å². The third kappa shape index (κ3) is 4.55. The lowest BCUT2D eigenvalue weighted by Gasteiger charge is -2.22. The zero-order chi connectivity index (χ0) is 15.1. The summed E-state index contributed by atoms with van der Waals surface area (Å²) >= 11 is 0. The summed E-state index contributed by atoms with van der Waals surface area (Å²) in [7, 11) is 0. The van der Waals surface area contributed by atoms with Crippen molar-refractivity contribution in [1.29, 1.82) is 0 Å². The molecule has 0 atom stereocenters. The molecule has 0 unspecified atom stereocenters. The van der Waals surface area contributed by atoms with Crippen LogP contribution in [0.5, 0.6) is 0 Å². The second kappa shape index (κ2) is 7.49. The summed E-state index contributed by atoms with van der Waals surface area (Å²) in [5, 5.41) is 17.9. The fourth-order valence-electron chi connectivity index (χ4n) is 1.53. The van der Waals surface area contributed by atoms with Gasteiger partial charge in [0.15, 0.2) is 0 Å². The molecule has 0 aromatic heterocycles. The molecule has 20 heavy (non-hydrogen) atoms. The lowest BCUT2D eigenvalue weighted by molar-refractivity contribution is 0.0697. The van der Waals surface area contributed by atoms with Crippen LogP contribution in [0.3, 0.4) is 0 Å². The Balaban J connectivity index is 2.84. The Labute approximate surface area is 117 Å². The van der Waals surface area contributed by atoms with Crippen LogP contribution in [-0.2, 0) is 4.74 Å². The van der Waals surface area contributed by atoms with Crippen molar-refractivity contribution in [3.63, 3.8) is 0 Å². The van der Waals surface area contributed by atoms with E-state index in [1.54, 1.807) is 0 Å². The van der Waals surface area contributed by atoms with Gasteiger partial charge in [0.2, 0.25) is 0 Å². The topological polar surface area (TPSA) is 87.1 Å². The Morgan fingerprint density at radius 1 is 1.25 bits per heavy atom. The zero-order valence-corrected chi connectivity index (χ0v) is 11.6. The van der Waals surface area contributed by atoms with Crippen molar-refractivity contribution in [3.05, 3.63) is 29.8 Å². The highest BCUT2D eigenvalue weighted by Crippen LogP contribution is 2.16. The van der Waals surface area contributed by atoms with Crippen LogP contribution >= 0.6 is 0 Å². The van der Waals surface area contributed by atoms with Crippen molar-refractivity contribution in [1.82, 2.24) is 0 Å². The molecule has 0 aliphatic carbocycles. The number of rotatable bonds is 6. The van der Waals surface area contributed by atoms with Gasteiger partial charge in [-0.25, -0.2) is 9.59 Å². The van der Waals surface area contributed by atoms with Gasteiger partial charge in [0.05, 0.1) is 25.3 Å². The smallest absolute Gasteiger partial charge is 0.414 e. The molecular weight excluding hydrogens is 262 g/mol. The SMILES string of the molecule is CC(C)COC(=O)N(CCO)c1ccc(C(=O)O)cc1. The van der Waals surface area contributed by atoms with Crippen molar-refractivity contribution in [3.8, 4) is 0 Å². The van der Waals surface area contributed by atoms with Gasteiger partial charge in [0.1, 0.15) is 0 Å². The maximum Gasteiger partial charge on any atom is 0.414 e. The summed E-state index contributed by atoms with van der Waals surface area (Å²) in [6.07, 6.45) is -0.559. The van der Waals surface area contributed by atoms with E-state index in [2.05, 4.69) is 0 Å². The number of amides is 1. The minimum absolute atomic E-state index is 0.0867. The minimum Gasteiger partial charge on any atom is -0.478 e. The highest BCUT2D eigenvalue weighted by molar-refractivity contribution is 5.90. The number of carboxylic acid groups (broad SMARTS) is 1. The Morgan fingerprint density at radius 2 is 1.85 bits per heavy atom. The average molecular weight is 281 g/mol. The average Bonchev–Trinajstić information content (AvgIpc) is 2.42. The maximum absolute atomic E-state index is 11.9. The van der Waals surface area contributed by atoms with E-state index < -0.39 is 12.1 Å². The lowest BCUT2D eigenvalue weighted by atomic mass is 10.2. The number of carboxylic acids is 1. The van der Waals surface area contributed by atoms with Gasteiger partial charge in [-0.3, -0.25) is 4.90 Å². The number of hydrogen-bond donors (Lipinski definition) is 2. The van der Waals surface area contributed by atoms with E-state index in [0.717, 1.165) is 0 Å². The molecule has 110 valence electrons. The largest absolute Gasteiger partial charge is 0.478 e. The third-order valence-corrected chi connectivity index (χ3v) is 2.51. The second-order valence-electron chi connectivity index (χ2n) is 4.70. The van der Waals surface area contributed by atoms with Crippen molar-refractivity contribution in [2.24, 2.45) is 5.92 Å². The van der Waals surface area contributed by atoms with Gasteiger partial charge in [-0.05, 0) is 30.2 Å². The first-order chi connectivity index (χ1) is 9.45. The number of carbonyl (C=O) groups excluding carboxylic acids is 1. The molecule has 0 heterocycles. The predicted molar refractivity (Wildman–Crippen MR) is 74.0 cm³/mol. The number of benzene rings is 1. The summed E-state index contributed by atoms with van der Waals surface area (Å²) in [4.78, 5) is 24.0. The van der Waals surface area contributed by atoms with Gasteiger partial charge in [-0.1, -0.05) is 13.8 Å². The molecule has 1 aromatic rings. The number of carbonyl (C=O) groups is 2. The van der Waals surface area contributed by atoms with Gasteiger partial charge in [0.25, 0.3) is 0 Å². The number of aliphatic hydroxyl groups is 1. The molecule has 0 radical (unpaired) electrons. The quantitative estimate of drug-likeness (QED) is 0.832. The molecule has 2 N–H and O–H groups in total. The summed E-state index contributed by atoms with van der Waals surface area (Å²) in [5.41, 5.74) is 0.617. The van der Waals surface area contributed by atoms with Crippen LogP contribution in [0.25, 0.3) is 0 Å². The van der Waals surface area contributed by atoms with E-state index in [1.165, 1.54) is 29.2 Å². The Hall–Kier alpha value is -2.08. The highest BCUT2D eigenvalue weighted by Gasteiger charge is 2.17. The van der Waals surface area contributed by atoms with Gasteiger partial charge in [-0.15, -0.1) is 0 Å². The van der Waals surface area contributed by atoms with E-state index in [4.69, 9.17) is 14.9 Å². The van der Waals surface area contributed by atoms with Crippen LogP contribution in [0.15, 0.2) is 24.3 Å². The Bertz CT molecular complexity index is 455. The molecule has 1 aromatic carbocycles. The third-order valence-electron chi connectivity index (χ3n) is 2.51. The number of hydrogen-bond acceptors (Lipinski definition) is 4. The van der Waals surface area contributed by atoms with Crippen LogP contribution in [0.4, 0.5) is 10.5 Å². The maximum atomic E-state index is 11.9. The van der Waals surface area contributed by atoms with Crippen molar-refractivity contribution >= 4 is 17.7 Å². The number of ether oxygens (including phenoxy) is 1. The summed E-state index contributed by atoms with van der Waals surface area (Å²) in [6, 6.07) is 5.82. The Kier molecular flexibility index (Phi) is 5.99. The molecule has 0 bridgehead atoms. The zero-order valence-electron chi connectivity index (χ0n) is 11.6. The molecule has 0 aliphatic rings. The fraction of sp³-hybridized carbons (Fsp3) is 0.429. The summed E-state index contributed by atoms with van der Waals surface area (Å²) in [6.45, 7) is 4.01. The molecule has 6 nitrogen and oxygen atoms in total. The van der Waals surface area contributed by atoms with Gasteiger partial charge >= 0.3 is 12.1 Å². The molecule has 1 rings (SSSR count). The second-order valence-corrected chi connectivity index (χ2v) is 4.70. The molecule has 0 saturated heterocycles. The van der Waals surface area contributed by atoms with Crippen molar-refractivity contribution in [2.75, 3.05) is 24.7 Å². The van der Waals surface area contributed by atoms with Gasteiger partial charge < -0.3 is 14.9 Å². The fourth-order valence-corrected chi connectivity index (χ4v) is 1.53. The highest BCUT2D eigenvalue weighted by atomic mass is 16.6. The minimum atomic E-state index is -1.03. The first-order valence-electron chi connectivity index (χ1n) is 6.34. The number of aliphatic hydroxyl groups excluding tert-OH is 1. The Morgan fingerprint density at radius 3 is 2.30 bits per heavy atom. The molecule has 6 heteroatoms. The van der Waals surface area contributed by atoms with Crippen LogP contribution in [0.1, 0.15) is 24.2 Å². The van der Waals surface area contributed by atoms with Crippen LogP contribution in [0.2, 0.25) is 0 Å². The first-order valence-corrected chi connectivity index (χ1v) is 6.34. The van der Waals surface area contributed by atoms with Crippen LogP contribution in [0, 0.1) is 5.92 Å². The van der Waals surface area contributed by atoms with Gasteiger partial charge in [-0.2, -0.15) is 0 Å². The standard InChI is InChI=1S/C14H19NO5/c1-10(2)9-20-14(19)15(7-8-16)12-5-3-11(4-6-12)13(17)18/h3-6,10,16H,7-9H2,1-2H3,(H,17,18). The predicted octanol–water partition coefficient (Wildman–Crippen LogP) is 1.98. The summed E-state index contributed by atoms with van der Waals surface area (Å²) < 4.78 is 5.11. The number of nitrogens with zero attached hydrogens (tertiary/aromatic N) is 1. The number of anilines is 1. The number of aromatic carboxylic acids is 1. The van der Waals surface area contributed by atoms with E-state index in [1.807, 2.05) is 13.8 Å². The van der Waals surface area contributed by atoms with Crippen LogP contribution < -0.4 is 4.90 Å². The van der Waals surface area contributed by atoms with Crippen molar-refractivity contribution < 1.29 is 24.5 Å². The van der Waals surface area contributed by atoms with Crippen molar-refractivity contribution in [2.45, 2.75) is 13.8 Å². The van der Waals surface area contributed by atoms with E-state index >= 15 is 0 Å². The molecular formula is C14H19NO5. The molecule has 0 saturated carbocycles. The molecule has 0 fully saturated rings. The van der Waals surface area contributed by atoms with E-state index in [0.29, 0.717) is 5.69 Å². The molecule has 0 aliphatic heterocycles. The van der Waals surface area contributed by atoms with Crippen LogP contribution in [-0.4, -0.2) is 42.0 Å². The van der Waals surface area contributed by atoms with E-state index in [-0.39, 0.29) is 31.2 Å². The molecule has 1 amide bonds. The van der Waals surface area contributed by atoms with E-state index in [9.17, 15) is 9.59 Å².